The quantitative estimate of drug-likeness (QED) is 0.489. The molecule has 3 heteroatoms. The predicted molar refractivity (Wildman–Crippen MR) is 89.0 cm³/mol. The number of hydrogen-bond donors (Lipinski definition) is 0. The Hall–Kier alpha value is -2.13. The molecule has 0 spiro atoms. The fourth-order valence-electron chi connectivity index (χ4n) is 3.16. The molecule has 0 N–H and O–H groups in total. The lowest BCUT2D eigenvalue weighted by Gasteiger charge is -2.21. The average Bonchev–Trinajstić information content (AvgIpc) is 3.35. The SMILES string of the molecule is CC(C)C(CC1CO1)C(=O)c1ccc(-c2ccc3cc2O3)cc1. The van der Waals surface area contributed by atoms with E-state index in [2.05, 4.69) is 19.9 Å². The molecule has 118 valence electrons. The van der Waals surface area contributed by atoms with Crippen LogP contribution in [0.1, 0.15) is 30.6 Å². The van der Waals surface area contributed by atoms with Gasteiger partial charge in [0.05, 0.1) is 12.7 Å². The van der Waals surface area contributed by atoms with Crippen molar-refractivity contribution in [1.29, 1.82) is 0 Å². The lowest BCUT2D eigenvalue weighted by Crippen LogP contribution is -2.22. The predicted octanol–water partition coefficient (Wildman–Crippen LogP) is 4.70. The molecule has 3 heterocycles. The van der Waals surface area contributed by atoms with E-state index in [1.807, 2.05) is 36.4 Å². The molecule has 0 aliphatic carbocycles. The molecule has 0 aromatic heterocycles. The van der Waals surface area contributed by atoms with Gasteiger partial charge in [-0.1, -0.05) is 38.1 Å². The van der Waals surface area contributed by atoms with E-state index >= 15 is 0 Å². The summed E-state index contributed by atoms with van der Waals surface area (Å²) in [6.07, 6.45) is 1.11. The Morgan fingerprint density at radius 1 is 1.17 bits per heavy atom. The molecule has 2 aromatic rings. The summed E-state index contributed by atoms with van der Waals surface area (Å²) in [4.78, 5) is 12.8. The summed E-state index contributed by atoms with van der Waals surface area (Å²) in [5.41, 5.74) is 2.93. The third-order valence-electron chi connectivity index (χ3n) is 4.72. The maximum absolute atomic E-state index is 12.8. The van der Waals surface area contributed by atoms with Crippen LogP contribution in [0.3, 0.4) is 0 Å². The van der Waals surface area contributed by atoms with Crippen molar-refractivity contribution in [3.05, 3.63) is 48.0 Å². The number of ketones is 1. The molecule has 0 saturated carbocycles. The van der Waals surface area contributed by atoms with Crippen LogP contribution in [0.25, 0.3) is 11.1 Å². The van der Waals surface area contributed by atoms with Gasteiger partial charge >= 0.3 is 0 Å². The number of hydrogen-bond acceptors (Lipinski definition) is 3. The molecule has 0 amide bonds. The molecule has 3 aliphatic rings. The number of Topliss-reactive ketones (excluding diaryl/α,β-unsaturated/α-hetero) is 1. The molecule has 0 radical (unpaired) electrons. The third kappa shape index (κ3) is 2.77. The number of benzene rings is 2. The highest BCUT2D eigenvalue weighted by Crippen LogP contribution is 2.43. The van der Waals surface area contributed by atoms with Crippen molar-refractivity contribution in [1.82, 2.24) is 0 Å². The van der Waals surface area contributed by atoms with Gasteiger partial charge in [-0.2, -0.15) is 0 Å². The fourth-order valence-corrected chi connectivity index (χ4v) is 3.16. The van der Waals surface area contributed by atoms with Crippen molar-refractivity contribution in [3.63, 3.8) is 0 Å². The maximum atomic E-state index is 12.8. The third-order valence-corrected chi connectivity index (χ3v) is 4.72. The lowest BCUT2D eigenvalue weighted by atomic mass is 9.84. The van der Waals surface area contributed by atoms with Crippen LogP contribution in [0.5, 0.6) is 11.5 Å². The smallest absolute Gasteiger partial charge is 0.166 e. The highest BCUT2D eigenvalue weighted by molar-refractivity contribution is 5.98. The highest BCUT2D eigenvalue weighted by Gasteiger charge is 2.32. The first-order valence-corrected chi connectivity index (χ1v) is 8.20. The maximum Gasteiger partial charge on any atom is 0.166 e. The molecule has 3 aliphatic heterocycles. The van der Waals surface area contributed by atoms with E-state index in [1.54, 1.807) is 0 Å². The number of ether oxygens (including phenoxy) is 2. The second kappa shape index (κ2) is 5.50. The normalized spacial score (nSPS) is 19.0. The standard InChI is InChI=1S/C20H20O3/c1-12(2)18(9-16-11-22-16)20(21)14-5-3-13(4-6-14)17-8-7-15-10-19(17)23-15/h3-8,10,12,16,18H,9,11H2,1-2H3. The van der Waals surface area contributed by atoms with Crippen LogP contribution in [0.4, 0.5) is 0 Å². The summed E-state index contributed by atoms with van der Waals surface area (Å²) in [5.74, 6) is 2.40. The second-order valence-electron chi connectivity index (χ2n) is 6.74. The van der Waals surface area contributed by atoms with Crippen molar-refractivity contribution < 1.29 is 14.3 Å². The zero-order valence-corrected chi connectivity index (χ0v) is 13.4. The first kappa shape index (κ1) is 14.5. The first-order chi connectivity index (χ1) is 11.1. The van der Waals surface area contributed by atoms with Gasteiger partial charge in [0.1, 0.15) is 11.5 Å². The Labute approximate surface area is 136 Å². The molecule has 2 bridgehead atoms. The van der Waals surface area contributed by atoms with E-state index in [1.165, 1.54) is 0 Å². The monoisotopic (exact) mass is 308 g/mol. The number of fused-ring (bicyclic) bond motifs is 2. The average molecular weight is 308 g/mol. The number of carbonyl (C=O) groups is 1. The van der Waals surface area contributed by atoms with Crippen molar-refractivity contribution >= 4 is 5.78 Å². The van der Waals surface area contributed by atoms with Crippen LogP contribution in [-0.4, -0.2) is 18.5 Å². The van der Waals surface area contributed by atoms with Gasteiger partial charge in [0.15, 0.2) is 5.78 Å². The van der Waals surface area contributed by atoms with E-state index < -0.39 is 0 Å². The summed E-state index contributed by atoms with van der Waals surface area (Å²) in [6, 6.07) is 13.9. The molecule has 2 atom stereocenters. The summed E-state index contributed by atoms with van der Waals surface area (Å²) >= 11 is 0. The largest absolute Gasteiger partial charge is 0.456 e. The molecule has 5 rings (SSSR count). The van der Waals surface area contributed by atoms with Gasteiger partial charge < -0.3 is 9.47 Å². The molecule has 2 aromatic carbocycles. The van der Waals surface area contributed by atoms with Crippen LogP contribution in [0.2, 0.25) is 0 Å². The van der Waals surface area contributed by atoms with Crippen molar-refractivity contribution in [2.24, 2.45) is 11.8 Å². The second-order valence-corrected chi connectivity index (χ2v) is 6.74. The summed E-state index contributed by atoms with van der Waals surface area (Å²) in [7, 11) is 0. The minimum absolute atomic E-state index is 0.0328. The van der Waals surface area contributed by atoms with E-state index in [9.17, 15) is 4.79 Å². The van der Waals surface area contributed by atoms with Gasteiger partial charge in [0, 0.05) is 23.1 Å². The lowest BCUT2D eigenvalue weighted by molar-refractivity contribution is 0.0868. The Balaban J connectivity index is 1.55. The number of rotatable bonds is 6. The summed E-state index contributed by atoms with van der Waals surface area (Å²) < 4.78 is 10.8. The van der Waals surface area contributed by atoms with Crippen LogP contribution in [0, 0.1) is 11.8 Å². The summed E-state index contributed by atoms with van der Waals surface area (Å²) in [6.45, 7) is 5.02. The Bertz CT molecular complexity index is 738. The van der Waals surface area contributed by atoms with Crippen LogP contribution in [-0.2, 0) is 4.74 Å². The minimum Gasteiger partial charge on any atom is -0.456 e. The van der Waals surface area contributed by atoms with Crippen molar-refractivity contribution in [2.45, 2.75) is 26.4 Å². The van der Waals surface area contributed by atoms with Gasteiger partial charge in [-0.05, 0) is 30.0 Å². The minimum atomic E-state index is 0.0328. The fraction of sp³-hybridized carbons (Fsp3) is 0.350. The highest BCUT2D eigenvalue weighted by atomic mass is 16.6. The first-order valence-electron chi connectivity index (χ1n) is 8.20. The summed E-state index contributed by atoms with van der Waals surface area (Å²) in [5, 5.41) is 0. The van der Waals surface area contributed by atoms with Gasteiger partial charge in [-0.15, -0.1) is 0 Å². The van der Waals surface area contributed by atoms with Gasteiger partial charge in [-0.25, -0.2) is 0 Å². The Kier molecular flexibility index (Phi) is 3.46. The molecular weight excluding hydrogens is 288 g/mol. The van der Waals surface area contributed by atoms with Gasteiger partial charge in [-0.3, -0.25) is 4.79 Å². The Morgan fingerprint density at radius 2 is 1.87 bits per heavy atom. The van der Waals surface area contributed by atoms with E-state index in [4.69, 9.17) is 9.47 Å². The van der Waals surface area contributed by atoms with Gasteiger partial charge in [0.25, 0.3) is 0 Å². The van der Waals surface area contributed by atoms with E-state index in [0.717, 1.165) is 41.2 Å². The van der Waals surface area contributed by atoms with Crippen molar-refractivity contribution in [3.8, 4) is 22.6 Å². The molecule has 2 unspecified atom stereocenters. The molecule has 3 nitrogen and oxygen atoms in total. The van der Waals surface area contributed by atoms with Crippen LogP contribution < -0.4 is 4.74 Å². The van der Waals surface area contributed by atoms with Crippen LogP contribution >= 0.6 is 0 Å². The molecule has 23 heavy (non-hydrogen) atoms. The van der Waals surface area contributed by atoms with Crippen LogP contribution in [0.15, 0.2) is 42.5 Å². The zero-order chi connectivity index (χ0) is 16.0. The van der Waals surface area contributed by atoms with Gasteiger partial charge in [0.2, 0.25) is 0 Å². The Morgan fingerprint density at radius 3 is 2.39 bits per heavy atom. The molecule has 1 saturated heterocycles. The molecular formula is C20H20O3. The number of carbonyl (C=O) groups excluding carboxylic acids is 1. The van der Waals surface area contributed by atoms with E-state index in [0.29, 0.717) is 5.92 Å². The van der Waals surface area contributed by atoms with E-state index in [-0.39, 0.29) is 17.8 Å². The molecule has 1 fully saturated rings. The topological polar surface area (TPSA) is 38.8 Å². The zero-order valence-electron chi connectivity index (χ0n) is 13.4. The number of epoxide rings is 1. The van der Waals surface area contributed by atoms with Crippen molar-refractivity contribution in [2.75, 3.05) is 6.61 Å².